The van der Waals surface area contributed by atoms with Crippen molar-refractivity contribution in [2.45, 2.75) is 6.54 Å². The van der Waals surface area contributed by atoms with Crippen molar-refractivity contribution in [3.63, 3.8) is 0 Å². The number of hydrogen-bond acceptors (Lipinski definition) is 2. The molecule has 3 aromatic rings. The molecule has 0 atom stereocenters. The first-order valence-electron chi connectivity index (χ1n) is 6.75. The highest BCUT2D eigenvalue weighted by molar-refractivity contribution is 6.35. The van der Waals surface area contributed by atoms with Crippen molar-refractivity contribution in [2.24, 2.45) is 0 Å². The quantitative estimate of drug-likeness (QED) is 0.745. The average Bonchev–Trinajstić information content (AvgIpc) is 2.87. The molecule has 0 spiro atoms. The predicted molar refractivity (Wildman–Crippen MR) is 87.9 cm³/mol. The molecule has 0 saturated heterocycles. The second-order valence-corrected chi connectivity index (χ2v) is 5.21. The standard InChI is InChI=1S/C17H11ClFN3O/c1-2-10-22-15-13(4-3-5-14(15)18)16(21-22)20-17(23)11-6-8-12(19)9-7-11/h1,3-9H,10H2,(H,20,21,23). The Kier molecular flexibility index (Phi) is 4.00. The predicted octanol–water partition coefficient (Wildman–Crippen LogP) is 3.71. The summed E-state index contributed by atoms with van der Waals surface area (Å²) in [6.45, 7) is 0.229. The van der Waals surface area contributed by atoms with E-state index in [4.69, 9.17) is 18.0 Å². The van der Waals surface area contributed by atoms with Gasteiger partial charge in [0.1, 0.15) is 12.4 Å². The van der Waals surface area contributed by atoms with E-state index in [2.05, 4.69) is 16.3 Å². The lowest BCUT2D eigenvalue weighted by molar-refractivity contribution is 0.102. The molecule has 1 amide bonds. The van der Waals surface area contributed by atoms with Gasteiger partial charge in [-0.05, 0) is 36.4 Å². The molecule has 1 N–H and O–H groups in total. The molecule has 2 aromatic carbocycles. The molecule has 0 bridgehead atoms. The highest BCUT2D eigenvalue weighted by Crippen LogP contribution is 2.29. The molecule has 0 unspecified atom stereocenters. The minimum Gasteiger partial charge on any atom is -0.305 e. The topological polar surface area (TPSA) is 46.9 Å². The zero-order chi connectivity index (χ0) is 16.4. The van der Waals surface area contributed by atoms with Gasteiger partial charge in [0.2, 0.25) is 0 Å². The maximum absolute atomic E-state index is 12.9. The van der Waals surface area contributed by atoms with Gasteiger partial charge in [0.25, 0.3) is 5.91 Å². The van der Waals surface area contributed by atoms with Crippen LogP contribution in [0.5, 0.6) is 0 Å². The molecular weight excluding hydrogens is 317 g/mol. The number of amides is 1. The summed E-state index contributed by atoms with van der Waals surface area (Å²) in [5, 5.41) is 8.19. The highest BCUT2D eigenvalue weighted by Gasteiger charge is 2.15. The van der Waals surface area contributed by atoms with Crippen molar-refractivity contribution in [1.29, 1.82) is 0 Å². The van der Waals surface area contributed by atoms with E-state index in [1.807, 2.05) is 0 Å². The second-order valence-electron chi connectivity index (χ2n) is 4.81. The van der Waals surface area contributed by atoms with Gasteiger partial charge < -0.3 is 5.32 Å². The van der Waals surface area contributed by atoms with Crippen LogP contribution in [0.1, 0.15) is 10.4 Å². The van der Waals surface area contributed by atoms with Gasteiger partial charge in [-0.15, -0.1) is 6.42 Å². The van der Waals surface area contributed by atoms with E-state index in [0.29, 0.717) is 27.3 Å². The number of anilines is 1. The normalized spacial score (nSPS) is 10.5. The number of para-hydroxylation sites is 1. The summed E-state index contributed by atoms with van der Waals surface area (Å²) in [6.07, 6.45) is 5.34. The van der Waals surface area contributed by atoms with E-state index in [9.17, 15) is 9.18 Å². The third kappa shape index (κ3) is 2.89. The van der Waals surface area contributed by atoms with Gasteiger partial charge >= 0.3 is 0 Å². The molecule has 114 valence electrons. The Morgan fingerprint density at radius 3 is 2.74 bits per heavy atom. The van der Waals surface area contributed by atoms with Gasteiger partial charge in [-0.25, -0.2) is 9.07 Å². The fourth-order valence-electron chi connectivity index (χ4n) is 2.27. The summed E-state index contributed by atoms with van der Waals surface area (Å²) in [5.41, 5.74) is 0.981. The van der Waals surface area contributed by atoms with Crippen molar-refractivity contribution < 1.29 is 9.18 Å². The molecule has 6 heteroatoms. The number of rotatable bonds is 3. The first-order valence-corrected chi connectivity index (χ1v) is 7.13. The Morgan fingerprint density at radius 2 is 2.04 bits per heavy atom. The zero-order valence-corrected chi connectivity index (χ0v) is 12.6. The Labute approximate surface area is 136 Å². The van der Waals surface area contributed by atoms with Crippen molar-refractivity contribution in [1.82, 2.24) is 9.78 Å². The maximum atomic E-state index is 12.9. The first kappa shape index (κ1) is 15.1. The minimum absolute atomic E-state index is 0.229. The van der Waals surface area contributed by atoms with Crippen LogP contribution in [0.2, 0.25) is 5.02 Å². The van der Waals surface area contributed by atoms with Crippen LogP contribution in [0.25, 0.3) is 10.9 Å². The lowest BCUT2D eigenvalue weighted by Crippen LogP contribution is -2.12. The molecule has 0 aliphatic heterocycles. The smallest absolute Gasteiger partial charge is 0.256 e. The number of carbonyl (C=O) groups is 1. The van der Waals surface area contributed by atoms with Crippen molar-refractivity contribution in [3.05, 3.63) is 58.9 Å². The van der Waals surface area contributed by atoms with Gasteiger partial charge in [-0.1, -0.05) is 23.6 Å². The van der Waals surface area contributed by atoms with Crippen LogP contribution in [-0.2, 0) is 6.54 Å². The van der Waals surface area contributed by atoms with Crippen molar-refractivity contribution >= 4 is 34.2 Å². The van der Waals surface area contributed by atoms with Crippen molar-refractivity contribution in [2.75, 3.05) is 5.32 Å². The number of terminal acetylenes is 1. The van der Waals surface area contributed by atoms with E-state index in [0.717, 1.165) is 0 Å². The zero-order valence-electron chi connectivity index (χ0n) is 11.9. The van der Waals surface area contributed by atoms with E-state index in [1.165, 1.54) is 24.3 Å². The van der Waals surface area contributed by atoms with Gasteiger partial charge in [-0.3, -0.25) is 4.79 Å². The molecule has 23 heavy (non-hydrogen) atoms. The third-order valence-corrected chi connectivity index (χ3v) is 3.61. The lowest BCUT2D eigenvalue weighted by Gasteiger charge is -2.02. The third-order valence-electron chi connectivity index (χ3n) is 3.30. The number of nitrogens with zero attached hydrogens (tertiary/aromatic N) is 2. The molecular formula is C17H11ClFN3O. The monoisotopic (exact) mass is 327 g/mol. The highest BCUT2D eigenvalue weighted by atomic mass is 35.5. The molecule has 0 saturated carbocycles. The van der Waals surface area contributed by atoms with Crippen LogP contribution in [0, 0.1) is 18.2 Å². The van der Waals surface area contributed by atoms with Crippen LogP contribution >= 0.6 is 11.6 Å². The number of hydrogen-bond donors (Lipinski definition) is 1. The summed E-state index contributed by atoms with van der Waals surface area (Å²) in [5.74, 6) is 2.05. The molecule has 1 aromatic heterocycles. The van der Waals surface area contributed by atoms with Crippen LogP contribution in [0.4, 0.5) is 10.2 Å². The van der Waals surface area contributed by atoms with Crippen LogP contribution in [-0.4, -0.2) is 15.7 Å². The van der Waals surface area contributed by atoms with E-state index < -0.39 is 11.7 Å². The second kappa shape index (κ2) is 6.11. The van der Waals surface area contributed by atoms with Gasteiger partial charge in [0.15, 0.2) is 5.82 Å². The molecule has 0 fully saturated rings. The summed E-state index contributed by atoms with van der Waals surface area (Å²) in [7, 11) is 0. The summed E-state index contributed by atoms with van der Waals surface area (Å²) < 4.78 is 14.5. The van der Waals surface area contributed by atoms with E-state index >= 15 is 0 Å². The summed E-state index contributed by atoms with van der Waals surface area (Å²) >= 11 is 6.20. The number of aromatic nitrogens is 2. The van der Waals surface area contributed by atoms with Gasteiger partial charge in [0, 0.05) is 10.9 Å². The van der Waals surface area contributed by atoms with Gasteiger partial charge in [0.05, 0.1) is 10.5 Å². The molecule has 0 radical (unpaired) electrons. The molecule has 0 aliphatic carbocycles. The first-order chi connectivity index (χ1) is 11.1. The van der Waals surface area contributed by atoms with Crippen molar-refractivity contribution in [3.8, 4) is 12.3 Å². The molecule has 0 aliphatic rings. The Hall–Kier alpha value is -2.84. The number of fused-ring (bicyclic) bond motifs is 1. The van der Waals surface area contributed by atoms with Crippen LogP contribution < -0.4 is 5.32 Å². The Bertz CT molecular complexity index is 925. The molecule has 3 rings (SSSR count). The number of nitrogens with one attached hydrogen (secondary N) is 1. The maximum Gasteiger partial charge on any atom is 0.256 e. The minimum atomic E-state index is -0.405. The Morgan fingerprint density at radius 1 is 1.30 bits per heavy atom. The fraction of sp³-hybridized carbons (Fsp3) is 0.0588. The van der Waals surface area contributed by atoms with Crippen LogP contribution in [0.3, 0.4) is 0 Å². The van der Waals surface area contributed by atoms with E-state index in [-0.39, 0.29) is 6.54 Å². The average molecular weight is 328 g/mol. The van der Waals surface area contributed by atoms with Crippen LogP contribution in [0.15, 0.2) is 42.5 Å². The molecule has 1 heterocycles. The van der Waals surface area contributed by atoms with Gasteiger partial charge in [-0.2, -0.15) is 5.10 Å². The van der Waals surface area contributed by atoms with E-state index in [1.54, 1.807) is 22.9 Å². The number of carbonyl (C=O) groups excluding carboxylic acids is 1. The largest absolute Gasteiger partial charge is 0.305 e. The lowest BCUT2D eigenvalue weighted by atomic mass is 10.2. The number of benzene rings is 2. The molecule has 4 nitrogen and oxygen atoms in total. The Balaban J connectivity index is 2.00. The SMILES string of the molecule is C#CCn1nc(NC(=O)c2ccc(F)cc2)c2cccc(Cl)c21. The number of halogens is 2. The summed E-state index contributed by atoms with van der Waals surface area (Å²) in [6, 6.07) is 10.5. The fourth-order valence-corrected chi connectivity index (χ4v) is 2.54. The summed E-state index contributed by atoms with van der Waals surface area (Å²) in [4.78, 5) is 12.3.